The minimum Gasteiger partial charge on any atom is -0.468 e. The number of carbonyl (C=O) groups excluding carboxylic acids is 3. The van der Waals surface area contributed by atoms with Gasteiger partial charge in [-0.05, 0) is 31.5 Å². The van der Waals surface area contributed by atoms with Gasteiger partial charge in [0.2, 0.25) is 0 Å². The monoisotopic (exact) mass is 430 g/mol. The molecule has 1 aliphatic rings. The third kappa shape index (κ3) is 5.02. The number of ether oxygens (including phenoxy) is 3. The highest BCUT2D eigenvalue weighted by Crippen LogP contribution is 2.41. The number of benzene rings is 1. The lowest BCUT2D eigenvalue weighted by molar-refractivity contribution is -0.139. The van der Waals surface area contributed by atoms with Gasteiger partial charge in [0.25, 0.3) is 0 Å². The fourth-order valence-corrected chi connectivity index (χ4v) is 3.88. The third-order valence-electron chi connectivity index (χ3n) is 4.37. The predicted molar refractivity (Wildman–Crippen MR) is 110 cm³/mol. The number of thioether (sulfide) groups is 1. The van der Waals surface area contributed by atoms with Gasteiger partial charge in [-0.25, -0.2) is 9.59 Å². The summed E-state index contributed by atoms with van der Waals surface area (Å²) in [4.78, 5) is 36.0. The molecular weight excluding hydrogens is 408 g/mol. The highest BCUT2D eigenvalue weighted by Gasteiger charge is 2.35. The molecule has 0 radical (unpaired) electrons. The number of nitriles is 1. The Kier molecular flexibility index (Phi) is 8.07. The molecule has 2 rings (SSSR count). The molecule has 9 heteroatoms. The van der Waals surface area contributed by atoms with Gasteiger partial charge >= 0.3 is 17.9 Å². The van der Waals surface area contributed by atoms with Crippen LogP contribution in [-0.2, 0) is 23.8 Å². The van der Waals surface area contributed by atoms with Gasteiger partial charge < -0.3 is 19.5 Å². The first kappa shape index (κ1) is 23.0. The Bertz CT molecular complexity index is 943. The Balaban J connectivity index is 2.55. The molecule has 1 unspecified atom stereocenters. The van der Waals surface area contributed by atoms with Gasteiger partial charge in [0, 0.05) is 5.70 Å². The molecule has 0 saturated carbocycles. The first-order valence-corrected chi connectivity index (χ1v) is 10.0. The van der Waals surface area contributed by atoms with Crippen molar-refractivity contribution in [1.29, 1.82) is 5.26 Å². The lowest BCUT2D eigenvalue weighted by Crippen LogP contribution is -2.29. The molecule has 0 saturated heterocycles. The molecule has 0 spiro atoms. The molecule has 0 aliphatic carbocycles. The molecule has 1 atom stereocenters. The van der Waals surface area contributed by atoms with Crippen molar-refractivity contribution in [2.45, 2.75) is 19.8 Å². The van der Waals surface area contributed by atoms with E-state index in [1.165, 1.54) is 14.2 Å². The van der Waals surface area contributed by atoms with Crippen LogP contribution in [0.5, 0.6) is 0 Å². The van der Waals surface area contributed by atoms with Gasteiger partial charge in [-0.15, -0.1) is 0 Å². The molecule has 0 bridgehead atoms. The largest absolute Gasteiger partial charge is 0.468 e. The normalized spacial score (nSPS) is 15.8. The first-order chi connectivity index (χ1) is 14.4. The summed E-state index contributed by atoms with van der Waals surface area (Å²) in [5.74, 6) is -2.20. The van der Waals surface area contributed by atoms with Crippen molar-refractivity contribution >= 4 is 29.7 Å². The molecule has 1 heterocycles. The van der Waals surface area contributed by atoms with Crippen LogP contribution in [0.4, 0.5) is 0 Å². The van der Waals surface area contributed by atoms with E-state index in [2.05, 4.69) is 16.1 Å². The molecule has 30 heavy (non-hydrogen) atoms. The molecule has 0 amide bonds. The number of allylic oxidation sites excluding steroid dienone is 2. The summed E-state index contributed by atoms with van der Waals surface area (Å²) in [5, 5.41) is 13.4. The Hall–Kier alpha value is -3.25. The van der Waals surface area contributed by atoms with Crippen LogP contribution in [0.2, 0.25) is 0 Å². The van der Waals surface area contributed by atoms with E-state index in [0.717, 1.165) is 11.8 Å². The van der Waals surface area contributed by atoms with Crippen LogP contribution in [0.25, 0.3) is 0 Å². The molecule has 158 valence electrons. The lowest BCUT2D eigenvalue weighted by atomic mass is 9.82. The van der Waals surface area contributed by atoms with Crippen LogP contribution in [-0.4, -0.2) is 44.5 Å². The third-order valence-corrected chi connectivity index (χ3v) is 5.36. The van der Waals surface area contributed by atoms with Crippen LogP contribution in [0, 0.1) is 11.3 Å². The average Bonchev–Trinajstić information content (AvgIpc) is 2.76. The van der Waals surface area contributed by atoms with Crippen molar-refractivity contribution in [2.75, 3.05) is 26.6 Å². The number of hydrogen-bond acceptors (Lipinski definition) is 9. The van der Waals surface area contributed by atoms with Crippen molar-refractivity contribution in [2.24, 2.45) is 0 Å². The zero-order valence-electron chi connectivity index (χ0n) is 17.1. The standard InChI is InChI=1S/C21H22N2O6S/c1-5-29-21(26)17-12(2)23-19(30-11-16(24)27-3)15(10-22)18(17)13-6-8-14(9-7-13)20(25)28-4/h6-9,18,23H,5,11H2,1-4H3. The number of nitrogens with zero attached hydrogens (tertiary/aromatic N) is 1. The average molecular weight is 430 g/mol. The number of hydrogen-bond donors (Lipinski definition) is 1. The number of nitrogens with one attached hydrogen (secondary N) is 1. The van der Waals surface area contributed by atoms with Gasteiger partial charge in [0.1, 0.15) is 0 Å². The SMILES string of the molecule is CCOC(=O)C1=C(C)NC(SCC(=O)OC)=C(C#N)C1c1ccc(C(=O)OC)cc1. The summed E-state index contributed by atoms with van der Waals surface area (Å²) in [6, 6.07) is 8.61. The van der Waals surface area contributed by atoms with Crippen molar-refractivity contribution in [3.63, 3.8) is 0 Å². The molecule has 0 aromatic heterocycles. The number of rotatable bonds is 7. The van der Waals surface area contributed by atoms with Gasteiger partial charge in [-0.1, -0.05) is 23.9 Å². The zero-order chi connectivity index (χ0) is 22.3. The molecule has 0 fully saturated rings. The summed E-state index contributed by atoms with van der Waals surface area (Å²) in [5.41, 5.74) is 2.04. The molecule has 1 N–H and O–H groups in total. The number of carbonyl (C=O) groups is 3. The smallest absolute Gasteiger partial charge is 0.337 e. The maximum atomic E-state index is 12.7. The van der Waals surface area contributed by atoms with Crippen molar-refractivity contribution in [1.82, 2.24) is 5.32 Å². The molecule has 8 nitrogen and oxygen atoms in total. The van der Waals surface area contributed by atoms with Crippen molar-refractivity contribution in [3.8, 4) is 6.07 Å². The van der Waals surface area contributed by atoms with Gasteiger partial charge in [0.05, 0.1) is 60.3 Å². The Morgan fingerprint density at radius 3 is 2.33 bits per heavy atom. The molecule has 1 aromatic carbocycles. The second kappa shape index (κ2) is 10.5. The van der Waals surface area contributed by atoms with E-state index in [0.29, 0.717) is 27.4 Å². The van der Waals surface area contributed by atoms with Crippen molar-refractivity contribution in [3.05, 3.63) is 57.3 Å². The second-order valence-electron chi connectivity index (χ2n) is 6.15. The van der Waals surface area contributed by atoms with Gasteiger partial charge in [-0.3, -0.25) is 4.79 Å². The highest BCUT2D eigenvalue weighted by molar-refractivity contribution is 8.03. The first-order valence-electron chi connectivity index (χ1n) is 9.04. The molecule has 1 aromatic rings. The van der Waals surface area contributed by atoms with E-state index >= 15 is 0 Å². The maximum Gasteiger partial charge on any atom is 0.337 e. The van der Waals surface area contributed by atoms with E-state index < -0.39 is 23.8 Å². The van der Waals surface area contributed by atoms with E-state index in [-0.39, 0.29) is 17.9 Å². The van der Waals surface area contributed by atoms with E-state index in [4.69, 9.17) is 9.47 Å². The summed E-state index contributed by atoms with van der Waals surface area (Å²) in [6.45, 7) is 3.58. The number of esters is 3. The highest BCUT2D eigenvalue weighted by atomic mass is 32.2. The van der Waals surface area contributed by atoms with E-state index in [1.807, 2.05) is 0 Å². The summed E-state index contributed by atoms with van der Waals surface area (Å²) in [7, 11) is 2.57. The fraction of sp³-hybridized carbons (Fsp3) is 0.333. The summed E-state index contributed by atoms with van der Waals surface area (Å²) < 4.78 is 14.6. The Labute approximate surface area is 178 Å². The molecule has 1 aliphatic heterocycles. The van der Waals surface area contributed by atoms with Crippen LogP contribution >= 0.6 is 11.8 Å². The lowest BCUT2D eigenvalue weighted by Gasteiger charge is -2.29. The molecular formula is C21H22N2O6S. The Morgan fingerprint density at radius 1 is 1.13 bits per heavy atom. The van der Waals surface area contributed by atoms with Gasteiger partial charge in [-0.2, -0.15) is 5.26 Å². The number of methoxy groups -OCH3 is 2. The topological polar surface area (TPSA) is 115 Å². The minimum absolute atomic E-state index is 0.0000313. The van der Waals surface area contributed by atoms with Crippen LogP contribution in [0.1, 0.15) is 35.7 Å². The summed E-state index contributed by atoms with van der Waals surface area (Å²) in [6.07, 6.45) is 0. The summed E-state index contributed by atoms with van der Waals surface area (Å²) >= 11 is 1.11. The zero-order valence-corrected chi connectivity index (χ0v) is 17.9. The van der Waals surface area contributed by atoms with Crippen LogP contribution < -0.4 is 5.32 Å². The maximum absolute atomic E-state index is 12.7. The predicted octanol–water partition coefficient (Wildman–Crippen LogP) is 2.64. The van der Waals surface area contributed by atoms with Crippen LogP contribution in [0.15, 0.2) is 46.1 Å². The van der Waals surface area contributed by atoms with Crippen LogP contribution in [0.3, 0.4) is 0 Å². The van der Waals surface area contributed by atoms with E-state index in [9.17, 15) is 19.6 Å². The van der Waals surface area contributed by atoms with Gasteiger partial charge in [0.15, 0.2) is 0 Å². The quantitative estimate of drug-likeness (QED) is 0.515. The fourth-order valence-electron chi connectivity index (χ4n) is 2.96. The minimum atomic E-state index is -0.720. The second-order valence-corrected chi connectivity index (χ2v) is 7.14. The van der Waals surface area contributed by atoms with Crippen molar-refractivity contribution < 1.29 is 28.6 Å². The van der Waals surface area contributed by atoms with E-state index in [1.54, 1.807) is 38.1 Å². The number of dihydropyridines is 1. The Morgan fingerprint density at radius 2 is 1.80 bits per heavy atom.